The van der Waals surface area contributed by atoms with Crippen LogP contribution in [0.1, 0.15) is 29.8 Å². The Labute approximate surface area is 77.0 Å². The van der Waals surface area contributed by atoms with Crippen molar-refractivity contribution in [2.75, 3.05) is 0 Å². The third-order valence-corrected chi connectivity index (χ3v) is 1.64. The van der Waals surface area contributed by atoms with Gasteiger partial charge in [0.15, 0.2) is 5.78 Å². The third kappa shape index (κ3) is 3.04. The van der Waals surface area contributed by atoms with Crippen LogP contribution in [0.5, 0.6) is 0 Å². The van der Waals surface area contributed by atoms with E-state index >= 15 is 0 Å². The molecule has 0 bridgehead atoms. The number of hydrogen-bond acceptors (Lipinski definition) is 3. The van der Waals surface area contributed by atoms with E-state index < -0.39 is 0 Å². The van der Waals surface area contributed by atoms with Crippen molar-refractivity contribution in [3.8, 4) is 6.07 Å². The van der Waals surface area contributed by atoms with Gasteiger partial charge in [0.25, 0.3) is 0 Å². The first-order chi connectivity index (χ1) is 6.34. The van der Waals surface area contributed by atoms with Gasteiger partial charge in [-0.25, -0.2) is 0 Å². The van der Waals surface area contributed by atoms with Crippen LogP contribution in [0.15, 0.2) is 24.4 Å². The lowest BCUT2D eigenvalue weighted by Crippen LogP contribution is -2.00. The predicted molar refractivity (Wildman–Crippen MR) is 48.0 cm³/mol. The summed E-state index contributed by atoms with van der Waals surface area (Å²) in [4.78, 5) is 15.3. The molecule has 0 amide bonds. The van der Waals surface area contributed by atoms with E-state index in [-0.39, 0.29) is 5.78 Å². The standard InChI is InChI=1S/C10H10N2O/c11-7-3-1-6-10(13)9-5-2-4-8-12-9/h2,4-5,8H,1,3,6H2. The zero-order chi connectivity index (χ0) is 9.52. The van der Waals surface area contributed by atoms with Gasteiger partial charge in [-0.3, -0.25) is 9.78 Å². The molecular formula is C10H10N2O. The van der Waals surface area contributed by atoms with Gasteiger partial charge < -0.3 is 0 Å². The van der Waals surface area contributed by atoms with Crippen LogP contribution in [-0.4, -0.2) is 10.8 Å². The van der Waals surface area contributed by atoms with Gasteiger partial charge in [-0.1, -0.05) is 6.07 Å². The van der Waals surface area contributed by atoms with Gasteiger partial charge in [0.05, 0.1) is 6.07 Å². The van der Waals surface area contributed by atoms with Crippen molar-refractivity contribution in [2.24, 2.45) is 0 Å². The highest BCUT2D eigenvalue weighted by atomic mass is 16.1. The molecule has 0 spiro atoms. The molecule has 3 heteroatoms. The van der Waals surface area contributed by atoms with Crippen LogP contribution >= 0.6 is 0 Å². The van der Waals surface area contributed by atoms with Crippen molar-refractivity contribution in [1.29, 1.82) is 5.26 Å². The monoisotopic (exact) mass is 174 g/mol. The van der Waals surface area contributed by atoms with Crippen LogP contribution in [0.2, 0.25) is 0 Å². The number of hydrogen-bond donors (Lipinski definition) is 0. The molecule has 0 saturated heterocycles. The van der Waals surface area contributed by atoms with Gasteiger partial charge in [0, 0.05) is 19.0 Å². The number of nitrogens with zero attached hydrogens (tertiary/aromatic N) is 2. The maximum absolute atomic E-state index is 11.3. The average Bonchev–Trinajstić information content (AvgIpc) is 2.19. The van der Waals surface area contributed by atoms with Crippen LogP contribution in [0, 0.1) is 11.3 Å². The zero-order valence-electron chi connectivity index (χ0n) is 7.23. The van der Waals surface area contributed by atoms with E-state index in [0.717, 1.165) is 0 Å². The first-order valence-electron chi connectivity index (χ1n) is 4.16. The fourth-order valence-electron chi connectivity index (χ4n) is 0.984. The molecular weight excluding hydrogens is 164 g/mol. The lowest BCUT2D eigenvalue weighted by molar-refractivity contribution is 0.0976. The molecule has 0 radical (unpaired) electrons. The Bertz CT molecular complexity index is 313. The molecule has 0 aromatic carbocycles. The summed E-state index contributed by atoms with van der Waals surface area (Å²) in [6, 6.07) is 7.24. The lowest BCUT2D eigenvalue weighted by Gasteiger charge is -1.96. The quantitative estimate of drug-likeness (QED) is 0.518. The summed E-state index contributed by atoms with van der Waals surface area (Å²) in [5.41, 5.74) is 0.487. The first-order valence-corrected chi connectivity index (χ1v) is 4.16. The summed E-state index contributed by atoms with van der Waals surface area (Å²) in [6.07, 6.45) is 3.05. The Hall–Kier alpha value is -1.69. The minimum Gasteiger partial charge on any atom is -0.292 e. The molecule has 0 fully saturated rings. The normalized spacial score (nSPS) is 9.15. The molecule has 13 heavy (non-hydrogen) atoms. The van der Waals surface area contributed by atoms with Gasteiger partial charge >= 0.3 is 0 Å². The van der Waals surface area contributed by atoms with Gasteiger partial charge in [0.2, 0.25) is 0 Å². The number of carbonyl (C=O) groups excluding carboxylic acids is 1. The van der Waals surface area contributed by atoms with Crippen LogP contribution in [-0.2, 0) is 0 Å². The average molecular weight is 174 g/mol. The Balaban J connectivity index is 2.46. The van der Waals surface area contributed by atoms with E-state index in [1.54, 1.807) is 24.4 Å². The molecule has 0 saturated carbocycles. The number of Topliss-reactive ketones (excluding diaryl/α,β-unsaturated/α-hetero) is 1. The van der Waals surface area contributed by atoms with Crippen LogP contribution in [0.4, 0.5) is 0 Å². The second kappa shape index (κ2) is 5.04. The largest absolute Gasteiger partial charge is 0.292 e. The zero-order valence-corrected chi connectivity index (χ0v) is 7.23. The summed E-state index contributed by atoms with van der Waals surface area (Å²) < 4.78 is 0. The number of nitriles is 1. The maximum Gasteiger partial charge on any atom is 0.181 e. The minimum absolute atomic E-state index is 0.0100. The van der Waals surface area contributed by atoms with Gasteiger partial charge in [-0.2, -0.15) is 5.26 Å². The number of pyridine rings is 1. The molecule has 1 heterocycles. The van der Waals surface area contributed by atoms with Crippen molar-refractivity contribution < 1.29 is 4.79 Å². The number of unbranched alkanes of at least 4 members (excludes halogenated alkanes) is 1. The summed E-state index contributed by atoms with van der Waals surface area (Å²) in [5.74, 6) is 0.0100. The highest BCUT2D eigenvalue weighted by molar-refractivity contribution is 5.94. The highest BCUT2D eigenvalue weighted by Gasteiger charge is 2.04. The van der Waals surface area contributed by atoms with Gasteiger partial charge in [-0.05, 0) is 18.6 Å². The van der Waals surface area contributed by atoms with E-state index in [1.165, 1.54) is 0 Å². The van der Waals surface area contributed by atoms with E-state index in [0.29, 0.717) is 25.0 Å². The molecule has 1 aromatic heterocycles. The molecule has 0 aliphatic heterocycles. The summed E-state index contributed by atoms with van der Waals surface area (Å²) in [6.45, 7) is 0. The number of ketones is 1. The summed E-state index contributed by atoms with van der Waals surface area (Å²) >= 11 is 0. The fraction of sp³-hybridized carbons (Fsp3) is 0.300. The number of aromatic nitrogens is 1. The number of carbonyl (C=O) groups is 1. The number of rotatable bonds is 4. The van der Waals surface area contributed by atoms with Gasteiger partial charge in [-0.15, -0.1) is 0 Å². The van der Waals surface area contributed by atoms with E-state index in [9.17, 15) is 4.79 Å². The van der Waals surface area contributed by atoms with Crippen molar-refractivity contribution in [3.63, 3.8) is 0 Å². The second-order valence-electron chi connectivity index (χ2n) is 2.65. The van der Waals surface area contributed by atoms with E-state index in [1.807, 2.05) is 6.07 Å². The van der Waals surface area contributed by atoms with Crippen molar-refractivity contribution in [2.45, 2.75) is 19.3 Å². The SMILES string of the molecule is N#CCCCC(=O)c1ccccn1. The fourth-order valence-corrected chi connectivity index (χ4v) is 0.984. The Morgan fingerprint density at radius 3 is 3.00 bits per heavy atom. The Morgan fingerprint density at radius 2 is 2.38 bits per heavy atom. The topological polar surface area (TPSA) is 53.8 Å². The van der Waals surface area contributed by atoms with Crippen molar-refractivity contribution in [3.05, 3.63) is 30.1 Å². The van der Waals surface area contributed by atoms with Crippen molar-refractivity contribution in [1.82, 2.24) is 4.98 Å². The molecule has 0 N–H and O–H groups in total. The van der Waals surface area contributed by atoms with Gasteiger partial charge in [0.1, 0.15) is 5.69 Å². The van der Waals surface area contributed by atoms with Crippen molar-refractivity contribution >= 4 is 5.78 Å². The predicted octanol–water partition coefficient (Wildman–Crippen LogP) is 1.96. The molecule has 66 valence electrons. The van der Waals surface area contributed by atoms with Crippen LogP contribution in [0.25, 0.3) is 0 Å². The van der Waals surface area contributed by atoms with E-state index in [2.05, 4.69) is 4.98 Å². The molecule has 1 rings (SSSR count). The molecule has 0 aliphatic rings. The second-order valence-corrected chi connectivity index (χ2v) is 2.65. The first kappa shape index (κ1) is 9.40. The van der Waals surface area contributed by atoms with Crippen LogP contribution < -0.4 is 0 Å². The molecule has 0 atom stereocenters. The summed E-state index contributed by atoms with van der Waals surface area (Å²) in [5, 5.41) is 8.27. The van der Waals surface area contributed by atoms with E-state index in [4.69, 9.17) is 5.26 Å². The maximum atomic E-state index is 11.3. The minimum atomic E-state index is 0.0100. The Morgan fingerprint density at radius 1 is 1.54 bits per heavy atom. The van der Waals surface area contributed by atoms with Crippen LogP contribution in [0.3, 0.4) is 0 Å². The Kier molecular flexibility index (Phi) is 3.65. The molecule has 1 aromatic rings. The summed E-state index contributed by atoms with van der Waals surface area (Å²) in [7, 11) is 0. The lowest BCUT2D eigenvalue weighted by atomic mass is 10.1. The molecule has 0 aliphatic carbocycles. The third-order valence-electron chi connectivity index (χ3n) is 1.64. The molecule has 0 unspecified atom stereocenters. The smallest absolute Gasteiger partial charge is 0.181 e. The molecule has 3 nitrogen and oxygen atoms in total. The highest BCUT2D eigenvalue weighted by Crippen LogP contribution is 2.03.